The molecule has 0 radical (unpaired) electrons. The lowest BCUT2D eigenvalue weighted by molar-refractivity contribution is -0.384. The first-order valence-corrected chi connectivity index (χ1v) is 8.82. The maximum atomic E-state index is 12.8. The summed E-state index contributed by atoms with van der Waals surface area (Å²) in [5.41, 5.74) is -0.976. The predicted molar refractivity (Wildman–Crippen MR) is 106 cm³/mol. The second-order valence-electron chi connectivity index (χ2n) is 5.88. The number of benzene rings is 1. The smallest absolute Gasteiger partial charge is 0.324 e. The van der Waals surface area contributed by atoms with Crippen molar-refractivity contribution in [2.45, 2.75) is 6.18 Å². The molecular formula is C17H11Cl2F3N6O2. The molecule has 0 aliphatic rings. The topological polar surface area (TPSA) is 97.1 Å². The Labute approximate surface area is 177 Å². The Balaban J connectivity index is 2.00. The number of rotatable bonds is 5. The van der Waals surface area contributed by atoms with Gasteiger partial charge in [-0.15, -0.1) is 0 Å². The van der Waals surface area contributed by atoms with E-state index in [9.17, 15) is 23.3 Å². The van der Waals surface area contributed by atoms with Crippen molar-refractivity contribution in [1.29, 1.82) is 0 Å². The molecule has 1 N–H and O–H groups in total. The first-order chi connectivity index (χ1) is 14.1. The molecule has 2 aromatic heterocycles. The minimum Gasteiger partial charge on any atom is -0.324 e. The zero-order valence-electron chi connectivity index (χ0n) is 15.0. The minimum atomic E-state index is -4.63. The number of aromatic nitrogens is 3. The van der Waals surface area contributed by atoms with E-state index in [0.29, 0.717) is 23.0 Å². The van der Waals surface area contributed by atoms with Crippen molar-refractivity contribution in [3.63, 3.8) is 0 Å². The van der Waals surface area contributed by atoms with Gasteiger partial charge in [-0.3, -0.25) is 10.1 Å². The van der Waals surface area contributed by atoms with Gasteiger partial charge in [-0.2, -0.15) is 18.2 Å². The summed E-state index contributed by atoms with van der Waals surface area (Å²) < 4.78 is 38.5. The molecule has 8 nitrogen and oxygen atoms in total. The van der Waals surface area contributed by atoms with Crippen LogP contribution in [0.15, 0.2) is 42.7 Å². The summed E-state index contributed by atoms with van der Waals surface area (Å²) in [5, 5.41) is 14.4. The molecule has 1 aromatic carbocycles. The third-order valence-corrected chi connectivity index (χ3v) is 4.36. The van der Waals surface area contributed by atoms with Crippen LogP contribution in [-0.2, 0) is 6.18 Å². The van der Waals surface area contributed by atoms with Crippen LogP contribution in [0.1, 0.15) is 5.56 Å². The molecule has 0 bridgehead atoms. The molecule has 0 aliphatic carbocycles. The highest BCUT2D eigenvalue weighted by Crippen LogP contribution is 2.37. The Kier molecular flexibility index (Phi) is 5.94. The molecule has 0 saturated carbocycles. The SMILES string of the molecule is CN(c1ncc(C(F)(F)F)cc1Cl)c1nc(Nc2ccc(Cl)cc2)ncc1[N+](=O)[O-]. The molecule has 0 unspecified atom stereocenters. The highest BCUT2D eigenvalue weighted by atomic mass is 35.5. The van der Waals surface area contributed by atoms with Crippen LogP contribution in [0.5, 0.6) is 0 Å². The molecule has 0 saturated heterocycles. The van der Waals surface area contributed by atoms with Crippen LogP contribution in [0.3, 0.4) is 0 Å². The van der Waals surface area contributed by atoms with Crippen molar-refractivity contribution < 1.29 is 18.1 Å². The third-order valence-electron chi connectivity index (χ3n) is 3.83. The maximum Gasteiger partial charge on any atom is 0.417 e. The van der Waals surface area contributed by atoms with Gasteiger partial charge in [-0.1, -0.05) is 23.2 Å². The van der Waals surface area contributed by atoms with Crippen molar-refractivity contribution >= 4 is 52.2 Å². The molecule has 156 valence electrons. The predicted octanol–water partition coefficient (Wildman–Crippen LogP) is 5.62. The normalized spacial score (nSPS) is 11.3. The molecule has 13 heteroatoms. The Hall–Kier alpha value is -3.18. The molecule has 0 spiro atoms. The molecule has 30 heavy (non-hydrogen) atoms. The summed E-state index contributed by atoms with van der Waals surface area (Å²) in [6, 6.07) is 7.21. The summed E-state index contributed by atoms with van der Waals surface area (Å²) in [6.07, 6.45) is -3.09. The molecule has 2 heterocycles. The van der Waals surface area contributed by atoms with Gasteiger partial charge in [0.25, 0.3) is 0 Å². The van der Waals surface area contributed by atoms with Gasteiger partial charge in [0.2, 0.25) is 11.8 Å². The van der Waals surface area contributed by atoms with E-state index in [-0.39, 0.29) is 22.6 Å². The van der Waals surface area contributed by atoms with Crippen molar-refractivity contribution in [3.8, 4) is 0 Å². The van der Waals surface area contributed by atoms with E-state index in [1.807, 2.05) is 0 Å². The lowest BCUT2D eigenvalue weighted by atomic mass is 10.2. The number of anilines is 4. The van der Waals surface area contributed by atoms with Crippen molar-refractivity contribution in [2.24, 2.45) is 0 Å². The fourth-order valence-electron chi connectivity index (χ4n) is 2.40. The van der Waals surface area contributed by atoms with E-state index in [1.54, 1.807) is 24.3 Å². The van der Waals surface area contributed by atoms with Gasteiger partial charge in [-0.25, -0.2) is 9.97 Å². The summed E-state index contributed by atoms with van der Waals surface area (Å²) >= 11 is 11.8. The zero-order valence-corrected chi connectivity index (χ0v) is 16.5. The molecule has 0 amide bonds. The number of alkyl halides is 3. The lowest BCUT2D eigenvalue weighted by Gasteiger charge is -2.19. The molecule has 3 rings (SSSR count). The lowest BCUT2D eigenvalue weighted by Crippen LogP contribution is -2.17. The Bertz CT molecular complexity index is 1100. The van der Waals surface area contributed by atoms with E-state index in [4.69, 9.17) is 23.2 Å². The van der Waals surface area contributed by atoms with E-state index in [1.165, 1.54) is 7.05 Å². The van der Waals surface area contributed by atoms with Gasteiger partial charge in [0.1, 0.15) is 6.20 Å². The summed E-state index contributed by atoms with van der Waals surface area (Å²) in [5.74, 6) is -0.364. The number of hydrogen-bond donors (Lipinski definition) is 1. The second kappa shape index (κ2) is 8.28. The molecule has 0 fully saturated rings. The fraction of sp³-hybridized carbons (Fsp3) is 0.118. The van der Waals surface area contributed by atoms with Crippen molar-refractivity contribution in [2.75, 3.05) is 17.3 Å². The standard InChI is InChI=1S/C17H11Cl2F3N6O2/c1-27(14-12(19)6-9(7-23-14)17(20,21)22)15-13(28(29)30)8-24-16(26-15)25-11-4-2-10(18)3-5-11/h2-8H,1H3,(H,24,25,26). The number of nitro groups is 1. The Morgan fingerprint density at radius 1 is 1.10 bits per heavy atom. The third kappa shape index (κ3) is 4.69. The largest absolute Gasteiger partial charge is 0.417 e. The molecule has 3 aromatic rings. The van der Waals surface area contributed by atoms with Gasteiger partial charge in [0.05, 0.1) is 15.5 Å². The molecule has 0 aliphatic heterocycles. The fourth-order valence-corrected chi connectivity index (χ4v) is 2.82. The summed E-state index contributed by atoms with van der Waals surface area (Å²) in [6.45, 7) is 0. The quantitative estimate of drug-likeness (QED) is 0.391. The van der Waals surface area contributed by atoms with E-state index in [0.717, 1.165) is 11.1 Å². The van der Waals surface area contributed by atoms with E-state index in [2.05, 4.69) is 20.3 Å². The molecule has 0 atom stereocenters. The monoisotopic (exact) mass is 458 g/mol. The van der Waals surface area contributed by atoms with E-state index >= 15 is 0 Å². The van der Waals surface area contributed by atoms with Crippen LogP contribution < -0.4 is 10.2 Å². The minimum absolute atomic E-state index is 0.00723. The highest BCUT2D eigenvalue weighted by molar-refractivity contribution is 6.33. The zero-order chi connectivity index (χ0) is 22.1. The Morgan fingerprint density at radius 3 is 2.33 bits per heavy atom. The second-order valence-corrected chi connectivity index (χ2v) is 6.72. The van der Waals surface area contributed by atoms with E-state index < -0.39 is 22.4 Å². The number of nitrogens with zero attached hydrogens (tertiary/aromatic N) is 5. The number of halogens is 5. The van der Waals surface area contributed by atoms with Crippen LogP contribution in [-0.4, -0.2) is 26.9 Å². The van der Waals surface area contributed by atoms with Gasteiger partial charge >= 0.3 is 11.9 Å². The Morgan fingerprint density at radius 2 is 1.77 bits per heavy atom. The van der Waals surface area contributed by atoms with Gasteiger partial charge in [0.15, 0.2) is 5.82 Å². The number of nitrogens with one attached hydrogen (secondary N) is 1. The van der Waals surface area contributed by atoms with Gasteiger partial charge in [-0.05, 0) is 30.3 Å². The number of pyridine rings is 1. The van der Waals surface area contributed by atoms with Crippen LogP contribution >= 0.6 is 23.2 Å². The van der Waals surface area contributed by atoms with Crippen molar-refractivity contribution in [1.82, 2.24) is 15.0 Å². The average Bonchev–Trinajstić information content (AvgIpc) is 2.68. The summed E-state index contributed by atoms with van der Waals surface area (Å²) in [4.78, 5) is 23.5. The average molecular weight is 459 g/mol. The maximum absolute atomic E-state index is 12.8. The first kappa shape index (κ1) is 21.5. The van der Waals surface area contributed by atoms with Crippen LogP contribution in [0.4, 0.5) is 42.1 Å². The van der Waals surface area contributed by atoms with Crippen LogP contribution in [0.25, 0.3) is 0 Å². The van der Waals surface area contributed by atoms with Crippen LogP contribution in [0.2, 0.25) is 10.0 Å². The first-order valence-electron chi connectivity index (χ1n) is 8.06. The summed E-state index contributed by atoms with van der Waals surface area (Å²) in [7, 11) is 1.34. The van der Waals surface area contributed by atoms with Crippen LogP contribution in [0, 0.1) is 10.1 Å². The highest BCUT2D eigenvalue weighted by Gasteiger charge is 2.32. The molecular weight excluding hydrogens is 448 g/mol. The number of hydrogen-bond acceptors (Lipinski definition) is 7. The van der Waals surface area contributed by atoms with Crippen molar-refractivity contribution in [3.05, 3.63) is 68.4 Å². The van der Waals surface area contributed by atoms with Gasteiger partial charge in [0, 0.05) is 24.0 Å². The van der Waals surface area contributed by atoms with Gasteiger partial charge < -0.3 is 10.2 Å².